The van der Waals surface area contributed by atoms with Crippen molar-refractivity contribution in [2.24, 2.45) is 0 Å². The van der Waals surface area contributed by atoms with Gasteiger partial charge >= 0.3 is 0 Å². The predicted molar refractivity (Wildman–Crippen MR) is 53.9 cm³/mol. The molecule has 0 amide bonds. The first-order valence-electron chi connectivity index (χ1n) is 5.00. The highest BCUT2D eigenvalue weighted by molar-refractivity contribution is 6.30. The molecule has 1 aliphatic heterocycles. The molecule has 0 radical (unpaired) electrons. The van der Waals surface area contributed by atoms with Crippen LogP contribution in [0.1, 0.15) is 25.8 Å². The molecule has 2 nitrogen and oxygen atoms in total. The normalized spacial score (nSPS) is 24.8. The molecule has 0 aliphatic carbocycles. The van der Waals surface area contributed by atoms with Crippen LogP contribution in [0.5, 0.6) is 0 Å². The van der Waals surface area contributed by atoms with Crippen molar-refractivity contribution in [3.8, 4) is 0 Å². The molecule has 1 fully saturated rings. The van der Waals surface area contributed by atoms with Gasteiger partial charge < -0.3 is 0 Å². The number of rotatable bonds is 1. The summed E-state index contributed by atoms with van der Waals surface area (Å²) in [5.74, 6) is 0. The van der Waals surface area contributed by atoms with Gasteiger partial charge in [-0.2, -0.15) is 0 Å². The second-order valence-electron chi connectivity index (χ2n) is 3.47. The van der Waals surface area contributed by atoms with E-state index >= 15 is 0 Å². The van der Waals surface area contributed by atoms with Gasteiger partial charge in [-0.05, 0) is 38.0 Å². The van der Waals surface area contributed by atoms with Gasteiger partial charge in [0.1, 0.15) is 0 Å². The number of likely N-dealkylation sites (tertiary alicyclic amines) is 1. The summed E-state index contributed by atoms with van der Waals surface area (Å²) >= 11 is 5.87. The Hall–Kier alpha value is -0.600. The fourth-order valence-electron chi connectivity index (χ4n) is 1.86. The summed E-state index contributed by atoms with van der Waals surface area (Å²) in [4.78, 5) is 6.30. The third kappa shape index (κ3) is 1.84. The second kappa shape index (κ2) is 3.64. The van der Waals surface area contributed by atoms with Crippen LogP contribution in [0.2, 0.25) is 5.02 Å². The first-order chi connectivity index (χ1) is 6.70. The summed E-state index contributed by atoms with van der Waals surface area (Å²) < 4.78 is 7.85. The van der Waals surface area contributed by atoms with E-state index in [2.05, 4.69) is 16.9 Å². The van der Waals surface area contributed by atoms with Crippen LogP contribution in [0.4, 0.5) is 0 Å². The number of nitrogens with zero attached hydrogens (tertiary/aromatic N) is 2. The molecule has 2 rings (SSSR count). The number of pyridine rings is 1. The van der Waals surface area contributed by atoms with Gasteiger partial charge in [-0.3, -0.25) is 9.88 Å². The van der Waals surface area contributed by atoms with Crippen molar-refractivity contribution in [3.05, 3.63) is 29.0 Å². The Balaban J connectivity index is 2.36. The Kier molecular flexibility index (Phi) is 2.18. The maximum atomic E-state index is 7.85. The Morgan fingerprint density at radius 3 is 3.23 bits per heavy atom. The monoisotopic (exact) mass is 197 g/mol. The molecule has 70 valence electrons. The minimum atomic E-state index is 0.327. The van der Waals surface area contributed by atoms with E-state index in [1.165, 1.54) is 12.6 Å². The Morgan fingerprint density at radius 1 is 1.69 bits per heavy atom. The highest BCUT2D eigenvalue weighted by Crippen LogP contribution is 2.30. The molecule has 1 saturated heterocycles. The number of hydrogen-bond acceptors (Lipinski definition) is 2. The van der Waals surface area contributed by atoms with Crippen molar-refractivity contribution in [3.63, 3.8) is 0 Å². The molecule has 1 aromatic heterocycles. The van der Waals surface area contributed by atoms with E-state index in [-0.39, 0.29) is 0 Å². The maximum Gasteiger partial charge on any atom is 0.0643 e. The second-order valence-corrected chi connectivity index (χ2v) is 3.88. The number of aromatic nitrogens is 1. The van der Waals surface area contributed by atoms with E-state index in [9.17, 15) is 0 Å². The Labute approximate surface area is 84.9 Å². The third-order valence-electron chi connectivity index (χ3n) is 2.54. The molecule has 0 aromatic carbocycles. The van der Waals surface area contributed by atoms with Gasteiger partial charge in [-0.1, -0.05) is 11.6 Å². The maximum absolute atomic E-state index is 7.85. The van der Waals surface area contributed by atoms with E-state index < -0.39 is 0 Å². The van der Waals surface area contributed by atoms with Crippen LogP contribution in [0.25, 0.3) is 0 Å². The average Bonchev–Trinajstić information content (AvgIpc) is 2.57. The summed E-state index contributed by atoms with van der Waals surface area (Å²) in [5.41, 5.74) is 0.956. The molecule has 0 unspecified atom stereocenters. The summed E-state index contributed by atoms with van der Waals surface area (Å²) in [5, 5.41) is 0.447. The van der Waals surface area contributed by atoms with Crippen LogP contribution < -0.4 is 0 Å². The van der Waals surface area contributed by atoms with Crippen LogP contribution in [0.3, 0.4) is 0 Å². The van der Waals surface area contributed by atoms with E-state index in [4.69, 9.17) is 13.0 Å². The van der Waals surface area contributed by atoms with Gasteiger partial charge in [0, 0.05) is 18.4 Å². The summed E-state index contributed by atoms with van der Waals surface area (Å²) in [6.45, 7) is 1.09. The molecule has 2 heterocycles. The van der Waals surface area contributed by atoms with E-state index in [1.54, 1.807) is 6.20 Å². The van der Waals surface area contributed by atoms with Crippen molar-refractivity contribution in [1.29, 1.82) is 0 Å². The first-order valence-corrected chi connectivity index (χ1v) is 4.88. The highest BCUT2D eigenvalue weighted by Gasteiger charge is 2.22. The predicted octanol–water partition coefficient (Wildman–Crippen LogP) is 2.50. The molecule has 0 saturated carbocycles. The Morgan fingerprint density at radius 2 is 2.54 bits per heavy atom. The molecular weight excluding hydrogens is 184 g/mol. The molecule has 0 spiro atoms. The third-order valence-corrected chi connectivity index (χ3v) is 2.74. The minimum Gasteiger partial charge on any atom is -0.299 e. The van der Waals surface area contributed by atoms with Crippen molar-refractivity contribution in [2.45, 2.75) is 18.9 Å². The van der Waals surface area contributed by atoms with Crippen LogP contribution >= 0.6 is 11.6 Å². The SMILES string of the molecule is [2H]c1c(Cl)cncc1[C@@H]1CCCN1C. The average molecular weight is 198 g/mol. The lowest BCUT2D eigenvalue weighted by Crippen LogP contribution is -2.17. The Bertz CT molecular complexity index is 343. The summed E-state index contributed by atoms with van der Waals surface area (Å²) in [6, 6.07) is 0.758. The minimum absolute atomic E-state index is 0.327. The lowest BCUT2D eigenvalue weighted by molar-refractivity contribution is 0.317. The van der Waals surface area contributed by atoms with Gasteiger partial charge in [-0.15, -0.1) is 0 Å². The van der Waals surface area contributed by atoms with Gasteiger partial charge in [-0.25, -0.2) is 0 Å². The number of hydrogen-bond donors (Lipinski definition) is 0. The van der Waals surface area contributed by atoms with Crippen molar-refractivity contribution >= 4 is 11.6 Å². The van der Waals surface area contributed by atoms with Crippen molar-refractivity contribution in [2.75, 3.05) is 13.6 Å². The topological polar surface area (TPSA) is 16.1 Å². The first kappa shape index (κ1) is 7.77. The smallest absolute Gasteiger partial charge is 0.0643 e. The van der Waals surface area contributed by atoms with Crippen molar-refractivity contribution in [1.82, 2.24) is 9.88 Å². The molecule has 0 bridgehead atoms. The fourth-order valence-corrected chi connectivity index (χ4v) is 2.02. The van der Waals surface area contributed by atoms with Crippen LogP contribution in [-0.4, -0.2) is 23.5 Å². The van der Waals surface area contributed by atoms with E-state index in [1.807, 2.05) is 0 Å². The van der Waals surface area contributed by atoms with Crippen LogP contribution in [0.15, 0.2) is 18.4 Å². The van der Waals surface area contributed by atoms with Gasteiger partial charge in [0.25, 0.3) is 0 Å². The van der Waals surface area contributed by atoms with Crippen LogP contribution in [0, 0.1) is 0 Å². The molecule has 1 aromatic rings. The molecular formula is C10H13ClN2. The summed E-state index contributed by atoms with van der Waals surface area (Å²) in [6.07, 6.45) is 5.58. The molecule has 0 N–H and O–H groups in total. The fraction of sp³-hybridized carbons (Fsp3) is 0.500. The van der Waals surface area contributed by atoms with E-state index in [0.29, 0.717) is 17.1 Å². The quantitative estimate of drug-likeness (QED) is 0.688. The summed E-state index contributed by atoms with van der Waals surface area (Å²) in [7, 11) is 2.08. The lowest BCUT2D eigenvalue weighted by atomic mass is 10.1. The lowest BCUT2D eigenvalue weighted by Gasteiger charge is -2.19. The molecule has 13 heavy (non-hydrogen) atoms. The zero-order valence-electron chi connectivity index (χ0n) is 8.63. The zero-order chi connectivity index (χ0) is 10.1. The molecule has 1 atom stereocenters. The molecule has 3 heteroatoms. The van der Waals surface area contributed by atoms with Crippen molar-refractivity contribution < 1.29 is 1.37 Å². The van der Waals surface area contributed by atoms with E-state index in [0.717, 1.165) is 18.5 Å². The zero-order valence-corrected chi connectivity index (χ0v) is 8.38. The molecule has 1 aliphatic rings. The highest BCUT2D eigenvalue weighted by atomic mass is 35.5. The van der Waals surface area contributed by atoms with Crippen LogP contribution in [-0.2, 0) is 0 Å². The number of halogens is 1. The largest absolute Gasteiger partial charge is 0.299 e. The standard InChI is InChI=1S/C10H13ClN2/c1-13-4-2-3-10(13)8-5-9(11)7-12-6-8/h5-7,10H,2-4H2,1H3/t10-/m0/s1/i5D. The van der Waals surface area contributed by atoms with Gasteiger partial charge in [0.15, 0.2) is 0 Å². The van der Waals surface area contributed by atoms with Gasteiger partial charge in [0.05, 0.1) is 6.39 Å². The van der Waals surface area contributed by atoms with Gasteiger partial charge in [0.2, 0.25) is 0 Å².